The van der Waals surface area contributed by atoms with Crippen LogP contribution in [0.5, 0.6) is 0 Å². The summed E-state index contributed by atoms with van der Waals surface area (Å²) >= 11 is 0. The van der Waals surface area contributed by atoms with Gasteiger partial charge in [-0.15, -0.1) is 0 Å². The normalized spacial score (nSPS) is 27.9. The van der Waals surface area contributed by atoms with E-state index in [0.29, 0.717) is 0 Å². The number of hydrogen-bond acceptors (Lipinski definition) is 4. The van der Waals surface area contributed by atoms with Gasteiger partial charge in [-0.25, -0.2) is 13.2 Å². The molecule has 1 saturated heterocycles. The van der Waals surface area contributed by atoms with E-state index < -0.39 is 57.7 Å². The highest BCUT2D eigenvalue weighted by molar-refractivity contribution is 7.91. The lowest BCUT2D eigenvalue weighted by Crippen LogP contribution is -2.55. The van der Waals surface area contributed by atoms with Gasteiger partial charge < -0.3 is 15.7 Å². The highest BCUT2D eigenvalue weighted by Gasteiger charge is 2.44. The van der Waals surface area contributed by atoms with Gasteiger partial charge in [0.2, 0.25) is 0 Å². The zero-order valence-corrected chi connectivity index (χ0v) is 12.5. The fraction of sp³-hybridized carbons (Fsp3) is 0.909. The Morgan fingerprint density at radius 3 is 2.33 bits per heavy atom. The van der Waals surface area contributed by atoms with E-state index in [2.05, 4.69) is 5.32 Å². The number of nitrogens with one attached hydrogen (secondary N) is 2. The number of carbonyl (C=O) groups is 1. The van der Waals surface area contributed by atoms with E-state index in [-0.39, 0.29) is 6.42 Å². The Hall–Kier alpha value is -1.03. The lowest BCUT2D eigenvalue weighted by molar-refractivity contribution is -0.163. The van der Waals surface area contributed by atoms with Gasteiger partial charge in [0.05, 0.1) is 23.7 Å². The van der Waals surface area contributed by atoms with E-state index in [1.807, 2.05) is 0 Å². The summed E-state index contributed by atoms with van der Waals surface area (Å²) in [7, 11) is -3.48. The minimum absolute atomic E-state index is 0.213. The number of amides is 2. The molecule has 0 aromatic heterocycles. The van der Waals surface area contributed by atoms with Gasteiger partial charge in [-0.1, -0.05) is 20.3 Å². The van der Waals surface area contributed by atoms with Gasteiger partial charge in [0, 0.05) is 0 Å². The summed E-state index contributed by atoms with van der Waals surface area (Å²) < 4.78 is 61.0. The predicted octanol–water partition coefficient (Wildman–Crippen LogP) is 0.421. The molecule has 1 heterocycles. The number of sulfone groups is 1. The predicted molar refractivity (Wildman–Crippen MR) is 69.4 cm³/mol. The third-order valence-electron chi connectivity index (χ3n) is 3.49. The molecule has 1 aliphatic rings. The maximum atomic E-state index is 12.8. The number of urea groups is 1. The molecule has 124 valence electrons. The van der Waals surface area contributed by atoms with Crippen molar-refractivity contribution in [2.75, 3.05) is 11.5 Å². The molecule has 1 aliphatic heterocycles. The van der Waals surface area contributed by atoms with Crippen molar-refractivity contribution < 1.29 is 31.5 Å². The summed E-state index contributed by atoms with van der Waals surface area (Å²) in [4.78, 5) is 11.6. The Morgan fingerprint density at radius 1 is 1.38 bits per heavy atom. The van der Waals surface area contributed by atoms with Crippen molar-refractivity contribution >= 4 is 15.9 Å². The van der Waals surface area contributed by atoms with Crippen LogP contribution in [0.3, 0.4) is 0 Å². The second-order valence-electron chi connectivity index (χ2n) is 5.27. The molecule has 10 heteroatoms. The van der Waals surface area contributed by atoms with Gasteiger partial charge in [0.1, 0.15) is 6.04 Å². The average molecular weight is 332 g/mol. The van der Waals surface area contributed by atoms with Gasteiger partial charge in [0.15, 0.2) is 9.84 Å². The third-order valence-corrected chi connectivity index (χ3v) is 5.21. The van der Waals surface area contributed by atoms with Gasteiger partial charge >= 0.3 is 12.2 Å². The largest absolute Gasteiger partial charge is 0.408 e. The number of halogens is 3. The fourth-order valence-corrected chi connectivity index (χ4v) is 3.84. The molecule has 0 spiro atoms. The highest BCUT2D eigenvalue weighted by Crippen LogP contribution is 2.27. The first-order valence-corrected chi connectivity index (χ1v) is 8.30. The first-order chi connectivity index (χ1) is 9.46. The molecule has 0 aromatic carbocycles. The second kappa shape index (κ2) is 6.39. The zero-order valence-electron chi connectivity index (χ0n) is 11.6. The van der Waals surface area contributed by atoms with Crippen LogP contribution in [-0.2, 0) is 9.84 Å². The van der Waals surface area contributed by atoms with Crippen LogP contribution in [0.15, 0.2) is 0 Å². The van der Waals surface area contributed by atoms with Crippen molar-refractivity contribution in [2.24, 2.45) is 5.92 Å². The maximum absolute atomic E-state index is 12.8. The zero-order chi connectivity index (χ0) is 16.4. The van der Waals surface area contributed by atoms with Crippen LogP contribution < -0.4 is 10.6 Å². The fourth-order valence-electron chi connectivity index (χ4n) is 2.10. The molecule has 4 atom stereocenters. The van der Waals surface area contributed by atoms with E-state index in [4.69, 9.17) is 0 Å². The Balaban J connectivity index is 2.67. The third kappa shape index (κ3) is 5.03. The summed E-state index contributed by atoms with van der Waals surface area (Å²) in [5.41, 5.74) is 0. The highest BCUT2D eigenvalue weighted by atomic mass is 32.2. The number of aliphatic hydroxyl groups is 1. The van der Waals surface area contributed by atoms with E-state index in [1.54, 1.807) is 12.2 Å². The molecule has 6 nitrogen and oxygen atoms in total. The number of aliphatic hydroxyl groups excluding tert-OH is 1. The van der Waals surface area contributed by atoms with Crippen LogP contribution in [0.2, 0.25) is 0 Å². The molecule has 1 rings (SSSR count). The SMILES string of the molecule is CCC(C)C(NC(=O)N[C@@H]1CS(=O)(=O)C[C@H]1O)C(F)(F)F. The van der Waals surface area contributed by atoms with Gasteiger partial charge in [-0.05, 0) is 5.92 Å². The molecule has 21 heavy (non-hydrogen) atoms. The maximum Gasteiger partial charge on any atom is 0.408 e. The Bertz CT molecular complexity index is 480. The minimum Gasteiger partial charge on any atom is -0.390 e. The van der Waals surface area contributed by atoms with E-state index in [0.717, 1.165) is 0 Å². The summed E-state index contributed by atoms with van der Waals surface area (Å²) in [6.45, 7) is 2.92. The molecule has 0 aliphatic carbocycles. The second-order valence-corrected chi connectivity index (χ2v) is 7.43. The van der Waals surface area contributed by atoms with Crippen LogP contribution >= 0.6 is 0 Å². The molecule has 2 unspecified atom stereocenters. The molecule has 0 saturated carbocycles. The smallest absolute Gasteiger partial charge is 0.390 e. The first kappa shape index (κ1) is 18.0. The summed E-state index contributed by atoms with van der Waals surface area (Å²) in [6, 6.07) is -4.27. The number of alkyl halides is 3. The van der Waals surface area contributed by atoms with E-state index in [1.165, 1.54) is 6.92 Å². The summed E-state index contributed by atoms with van der Waals surface area (Å²) in [6.07, 6.45) is -5.70. The van der Waals surface area contributed by atoms with Gasteiger partial charge in [-0.3, -0.25) is 0 Å². The van der Waals surface area contributed by atoms with Crippen molar-refractivity contribution in [3.05, 3.63) is 0 Å². The monoisotopic (exact) mass is 332 g/mol. The van der Waals surface area contributed by atoms with Crippen LogP contribution in [0.1, 0.15) is 20.3 Å². The molecule has 0 aromatic rings. The average Bonchev–Trinajstić information content (AvgIpc) is 2.56. The Labute approximate surface area is 121 Å². The summed E-state index contributed by atoms with van der Waals surface area (Å²) in [5, 5.41) is 13.4. The van der Waals surface area contributed by atoms with Crippen molar-refractivity contribution in [3.8, 4) is 0 Å². The van der Waals surface area contributed by atoms with Crippen LogP contribution in [-0.4, -0.2) is 55.4 Å². The lowest BCUT2D eigenvalue weighted by Gasteiger charge is -2.27. The molecule has 2 amide bonds. The number of carbonyl (C=O) groups excluding carboxylic acids is 1. The Morgan fingerprint density at radius 2 is 1.95 bits per heavy atom. The Kier molecular flexibility index (Phi) is 5.48. The first-order valence-electron chi connectivity index (χ1n) is 6.48. The molecular weight excluding hydrogens is 313 g/mol. The van der Waals surface area contributed by atoms with E-state index >= 15 is 0 Å². The lowest BCUT2D eigenvalue weighted by atomic mass is 9.99. The molecular formula is C11H19F3N2O4S. The van der Waals surface area contributed by atoms with Crippen LogP contribution in [0.25, 0.3) is 0 Å². The standard InChI is InChI=1S/C11H19F3N2O4S/c1-3-6(2)9(11(12,13)14)16-10(18)15-7-4-21(19,20)5-8(7)17/h6-9,17H,3-5H2,1-2H3,(H2,15,16,18)/t6?,7-,8-,9?/m1/s1. The molecule has 1 fully saturated rings. The minimum atomic E-state index is -4.60. The van der Waals surface area contributed by atoms with Crippen LogP contribution in [0.4, 0.5) is 18.0 Å². The van der Waals surface area contributed by atoms with Crippen molar-refractivity contribution in [3.63, 3.8) is 0 Å². The quantitative estimate of drug-likeness (QED) is 0.695. The van der Waals surface area contributed by atoms with Crippen molar-refractivity contribution in [1.29, 1.82) is 0 Å². The summed E-state index contributed by atoms with van der Waals surface area (Å²) in [5.74, 6) is -1.82. The van der Waals surface area contributed by atoms with Crippen LogP contribution in [0, 0.1) is 5.92 Å². The van der Waals surface area contributed by atoms with Gasteiger partial charge in [0.25, 0.3) is 0 Å². The van der Waals surface area contributed by atoms with Gasteiger partial charge in [-0.2, -0.15) is 13.2 Å². The number of rotatable bonds is 4. The molecule has 0 radical (unpaired) electrons. The molecule has 3 N–H and O–H groups in total. The number of hydrogen-bond donors (Lipinski definition) is 3. The topological polar surface area (TPSA) is 95.5 Å². The van der Waals surface area contributed by atoms with Crippen molar-refractivity contribution in [1.82, 2.24) is 10.6 Å². The van der Waals surface area contributed by atoms with E-state index in [9.17, 15) is 31.5 Å². The van der Waals surface area contributed by atoms with Crippen molar-refractivity contribution in [2.45, 2.75) is 44.6 Å². The molecule has 0 bridgehead atoms.